The minimum Gasteiger partial charge on any atom is -0.310 e. The van der Waals surface area contributed by atoms with Gasteiger partial charge in [-0.05, 0) is 138 Å². The maximum absolute atomic E-state index is 2.42. The Kier molecular flexibility index (Phi) is 9.94. The van der Waals surface area contributed by atoms with Crippen LogP contribution in [-0.2, 0) is 5.41 Å². The van der Waals surface area contributed by atoms with E-state index < -0.39 is 0 Å². The minimum absolute atomic E-state index is 0.128. The highest BCUT2D eigenvalue weighted by Gasteiger charge is 2.35. The maximum atomic E-state index is 2.42. The van der Waals surface area contributed by atoms with Crippen LogP contribution in [0.15, 0.2) is 249 Å². The molecule has 0 fully saturated rings. The molecule has 1 heteroatoms. The van der Waals surface area contributed by atoms with Crippen LogP contribution in [0, 0.1) is 0 Å². The monoisotopic (exact) mass is 817 g/mol. The van der Waals surface area contributed by atoms with E-state index in [4.69, 9.17) is 0 Å². The third-order valence-electron chi connectivity index (χ3n) is 13.1. The van der Waals surface area contributed by atoms with Gasteiger partial charge in [0.1, 0.15) is 0 Å². The molecule has 0 heterocycles. The first-order valence-electron chi connectivity index (χ1n) is 22.2. The van der Waals surface area contributed by atoms with E-state index in [0.717, 1.165) is 17.1 Å². The summed E-state index contributed by atoms with van der Waals surface area (Å²) in [6.45, 7) is 4.72. The molecule has 0 spiro atoms. The molecule has 1 aliphatic carbocycles. The summed E-state index contributed by atoms with van der Waals surface area (Å²) in [4.78, 5) is 2.42. The van der Waals surface area contributed by atoms with Gasteiger partial charge in [-0.3, -0.25) is 0 Å². The lowest BCUT2D eigenvalue weighted by molar-refractivity contribution is 0.660. The highest BCUT2D eigenvalue weighted by molar-refractivity contribution is 5.91. The van der Waals surface area contributed by atoms with Gasteiger partial charge in [-0.15, -0.1) is 0 Å². The van der Waals surface area contributed by atoms with Crippen molar-refractivity contribution < 1.29 is 0 Å². The molecule has 0 atom stereocenters. The summed E-state index contributed by atoms with van der Waals surface area (Å²) in [5.74, 6) is 0. The molecule has 0 radical (unpaired) electrons. The van der Waals surface area contributed by atoms with Gasteiger partial charge in [0.15, 0.2) is 0 Å². The van der Waals surface area contributed by atoms with E-state index in [0.29, 0.717) is 0 Å². The number of anilines is 3. The van der Waals surface area contributed by atoms with Crippen LogP contribution in [0.3, 0.4) is 0 Å². The van der Waals surface area contributed by atoms with E-state index in [9.17, 15) is 0 Å². The summed E-state index contributed by atoms with van der Waals surface area (Å²) in [5, 5.41) is 0. The summed E-state index contributed by atoms with van der Waals surface area (Å²) in [6.07, 6.45) is 0. The third kappa shape index (κ3) is 7.12. The fourth-order valence-electron chi connectivity index (χ4n) is 9.78. The van der Waals surface area contributed by atoms with Crippen molar-refractivity contribution in [2.45, 2.75) is 19.3 Å². The van der Waals surface area contributed by atoms with Gasteiger partial charge in [-0.25, -0.2) is 0 Å². The maximum Gasteiger partial charge on any atom is 0.0465 e. The Morgan fingerprint density at radius 3 is 1.05 bits per heavy atom. The fourth-order valence-corrected chi connectivity index (χ4v) is 9.78. The molecular weight excluding hydrogens is 771 g/mol. The number of nitrogens with zero attached hydrogens (tertiary/aromatic N) is 1. The van der Waals surface area contributed by atoms with Crippen molar-refractivity contribution in [3.8, 4) is 77.9 Å². The summed E-state index contributed by atoms with van der Waals surface area (Å²) in [6, 6.07) is 90.8. The normalized spacial score (nSPS) is 12.3. The lowest BCUT2D eigenvalue weighted by atomic mass is 9.82. The lowest BCUT2D eigenvalue weighted by Gasteiger charge is -2.28. The fraction of sp³-hybridized carbons (Fsp3) is 0.0476. The molecule has 10 aromatic carbocycles. The van der Waals surface area contributed by atoms with Crippen LogP contribution in [0.2, 0.25) is 0 Å². The van der Waals surface area contributed by atoms with Crippen LogP contribution in [0.4, 0.5) is 17.1 Å². The van der Waals surface area contributed by atoms with Crippen molar-refractivity contribution in [3.63, 3.8) is 0 Å². The topological polar surface area (TPSA) is 3.24 Å². The Bertz CT molecular complexity index is 3070. The summed E-state index contributed by atoms with van der Waals surface area (Å²) in [7, 11) is 0. The van der Waals surface area contributed by atoms with Gasteiger partial charge in [0.2, 0.25) is 0 Å². The van der Waals surface area contributed by atoms with Crippen molar-refractivity contribution >= 4 is 17.1 Å². The van der Waals surface area contributed by atoms with Crippen molar-refractivity contribution in [2.24, 2.45) is 0 Å². The van der Waals surface area contributed by atoms with E-state index in [1.807, 2.05) is 0 Å². The van der Waals surface area contributed by atoms with Crippen LogP contribution >= 0.6 is 0 Å². The third-order valence-corrected chi connectivity index (χ3v) is 13.1. The second kappa shape index (κ2) is 16.4. The van der Waals surface area contributed by atoms with E-state index in [1.165, 1.54) is 89.0 Å². The molecule has 0 N–H and O–H groups in total. The first-order chi connectivity index (χ1) is 31.5. The van der Waals surface area contributed by atoms with E-state index >= 15 is 0 Å². The smallest absolute Gasteiger partial charge is 0.0465 e. The van der Waals surface area contributed by atoms with Gasteiger partial charge in [0.25, 0.3) is 0 Å². The van der Waals surface area contributed by atoms with Gasteiger partial charge in [-0.1, -0.05) is 214 Å². The van der Waals surface area contributed by atoms with Crippen molar-refractivity contribution in [1.82, 2.24) is 0 Å². The van der Waals surface area contributed by atoms with E-state index in [-0.39, 0.29) is 5.41 Å². The number of hydrogen-bond acceptors (Lipinski definition) is 1. The molecule has 304 valence electrons. The summed E-state index contributed by atoms with van der Waals surface area (Å²) >= 11 is 0. The zero-order chi connectivity index (χ0) is 43.0. The Morgan fingerprint density at radius 2 is 0.578 bits per heavy atom. The van der Waals surface area contributed by atoms with E-state index in [1.54, 1.807) is 0 Å². The number of fused-ring (bicyclic) bond motifs is 3. The minimum atomic E-state index is -0.128. The molecule has 64 heavy (non-hydrogen) atoms. The average molecular weight is 818 g/mol. The highest BCUT2D eigenvalue weighted by atomic mass is 15.1. The molecule has 0 amide bonds. The zero-order valence-corrected chi connectivity index (χ0v) is 36.1. The molecule has 1 aliphatic rings. The molecule has 1 nitrogen and oxygen atoms in total. The standard InChI is InChI=1S/C63H47N/c1-63(2)61-26-16-15-25-57(61)58-40-37-54(43-62(58)63)64(52-33-27-48(28-34-52)59-41-50(44-17-7-3-8-18-44)31-38-55(59)46-21-11-5-12-22-46)53-35-29-49(30-36-53)60-42-51(45-19-9-4-10-20-45)32-39-56(60)47-23-13-6-14-24-47/h3-43H,1-2H3. The molecule has 0 aromatic heterocycles. The lowest BCUT2D eigenvalue weighted by Crippen LogP contribution is -2.16. The average Bonchev–Trinajstić information content (AvgIpc) is 3.60. The van der Waals surface area contributed by atoms with Crippen molar-refractivity contribution in [3.05, 3.63) is 260 Å². The molecule has 10 aromatic rings. The van der Waals surface area contributed by atoms with Gasteiger partial charge >= 0.3 is 0 Å². The van der Waals surface area contributed by atoms with Gasteiger partial charge < -0.3 is 4.90 Å². The number of hydrogen-bond donors (Lipinski definition) is 0. The second-order valence-electron chi connectivity index (χ2n) is 17.3. The van der Waals surface area contributed by atoms with Crippen molar-refractivity contribution in [1.29, 1.82) is 0 Å². The van der Waals surface area contributed by atoms with Crippen LogP contribution in [0.5, 0.6) is 0 Å². The van der Waals surface area contributed by atoms with Gasteiger partial charge in [0, 0.05) is 22.5 Å². The Morgan fingerprint density at radius 1 is 0.234 bits per heavy atom. The first-order valence-corrected chi connectivity index (χ1v) is 22.2. The molecule has 0 saturated carbocycles. The first kappa shape index (κ1) is 38.9. The largest absolute Gasteiger partial charge is 0.310 e. The Labute approximate surface area is 377 Å². The second-order valence-corrected chi connectivity index (χ2v) is 17.3. The van der Waals surface area contributed by atoms with Crippen LogP contribution < -0.4 is 4.90 Å². The Hall–Kier alpha value is -8.00. The molecule has 0 unspecified atom stereocenters. The Balaban J connectivity index is 1.04. The SMILES string of the molecule is CC1(C)c2ccccc2-c2ccc(N(c3ccc(-c4cc(-c5ccccc5)ccc4-c4ccccc4)cc3)c3ccc(-c4cc(-c5ccccc5)ccc4-c4ccccc4)cc3)cc21. The van der Waals surface area contributed by atoms with E-state index in [2.05, 4.69) is 267 Å². The molecule has 0 aliphatic heterocycles. The van der Waals surface area contributed by atoms with Gasteiger partial charge in [0.05, 0.1) is 0 Å². The molecule has 0 saturated heterocycles. The summed E-state index contributed by atoms with van der Waals surface area (Å²) < 4.78 is 0. The number of benzene rings is 10. The van der Waals surface area contributed by atoms with Crippen LogP contribution in [0.25, 0.3) is 77.9 Å². The zero-order valence-electron chi connectivity index (χ0n) is 36.1. The van der Waals surface area contributed by atoms with Crippen LogP contribution in [0.1, 0.15) is 25.0 Å². The van der Waals surface area contributed by atoms with Gasteiger partial charge in [-0.2, -0.15) is 0 Å². The predicted molar refractivity (Wildman–Crippen MR) is 271 cm³/mol. The number of rotatable bonds is 9. The molecule has 0 bridgehead atoms. The molecule has 11 rings (SSSR count). The highest BCUT2D eigenvalue weighted by Crippen LogP contribution is 2.51. The van der Waals surface area contributed by atoms with Crippen LogP contribution in [-0.4, -0.2) is 0 Å². The quantitative estimate of drug-likeness (QED) is 0.140. The molecular formula is C63H47N. The predicted octanol–water partition coefficient (Wildman–Crippen LogP) is 17.5. The van der Waals surface area contributed by atoms with Crippen molar-refractivity contribution in [2.75, 3.05) is 4.90 Å². The summed E-state index contributed by atoms with van der Waals surface area (Å²) in [5.41, 5.74) is 23.0.